The van der Waals surface area contributed by atoms with Crippen LogP contribution in [0.5, 0.6) is 0 Å². The Morgan fingerprint density at radius 1 is 1.27 bits per heavy atom. The number of oxazole rings is 1. The Bertz CT molecular complexity index is 700. The van der Waals surface area contributed by atoms with E-state index in [0.29, 0.717) is 18.7 Å². The maximum atomic E-state index is 12.5. The lowest BCUT2D eigenvalue weighted by molar-refractivity contribution is -0.132. The molecule has 1 fully saturated rings. The van der Waals surface area contributed by atoms with Crippen LogP contribution in [0.25, 0.3) is 11.3 Å². The number of nitrogens with zero attached hydrogens (tertiary/aromatic N) is 2. The number of likely N-dealkylation sites (tertiary alicyclic amines) is 1. The highest BCUT2D eigenvalue weighted by molar-refractivity contribution is 5.76. The number of benzene rings is 1. The fourth-order valence-electron chi connectivity index (χ4n) is 3.47. The zero-order valence-corrected chi connectivity index (χ0v) is 15.8. The molecule has 2 heterocycles. The zero-order chi connectivity index (χ0) is 18.4. The van der Waals surface area contributed by atoms with Crippen molar-refractivity contribution in [2.45, 2.75) is 39.0 Å². The van der Waals surface area contributed by atoms with Crippen molar-refractivity contribution in [3.63, 3.8) is 0 Å². The van der Waals surface area contributed by atoms with Crippen molar-refractivity contribution in [3.05, 3.63) is 41.9 Å². The Kier molecular flexibility index (Phi) is 6.45. The Morgan fingerprint density at radius 3 is 2.69 bits per heavy atom. The minimum Gasteiger partial charge on any atom is -0.441 e. The Hall–Kier alpha value is -2.14. The van der Waals surface area contributed by atoms with Gasteiger partial charge in [-0.25, -0.2) is 4.98 Å². The molecule has 1 aromatic heterocycles. The lowest BCUT2D eigenvalue weighted by Gasteiger charge is -2.32. The van der Waals surface area contributed by atoms with Crippen molar-refractivity contribution in [1.82, 2.24) is 15.2 Å². The summed E-state index contributed by atoms with van der Waals surface area (Å²) in [5, 5.41) is 3.21. The van der Waals surface area contributed by atoms with Crippen molar-refractivity contribution in [3.8, 4) is 11.3 Å². The molecule has 1 aromatic carbocycles. The SMILES string of the molecule is CNCCC1CCN(C(=O)CCc2ncc(-c3ccc(C)cc3)o2)CC1. The average Bonchev–Trinajstić information content (AvgIpc) is 3.14. The lowest BCUT2D eigenvalue weighted by atomic mass is 9.93. The van der Waals surface area contributed by atoms with Crippen LogP contribution < -0.4 is 5.32 Å². The molecule has 0 spiro atoms. The normalized spacial score (nSPS) is 15.4. The lowest BCUT2D eigenvalue weighted by Crippen LogP contribution is -2.39. The second-order valence-electron chi connectivity index (χ2n) is 7.20. The molecule has 3 rings (SSSR count). The van der Waals surface area contributed by atoms with Crippen LogP contribution in [-0.4, -0.2) is 42.5 Å². The molecule has 1 saturated heterocycles. The molecule has 0 unspecified atom stereocenters. The average molecular weight is 355 g/mol. The number of carbonyl (C=O) groups is 1. The quantitative estimate of drug-likeness (QED) is 0.827. The van der Waals surface area contributed by atoms with Gasteiger partial charge in [0.15, 0.2) is 11.7 Å². The predicted molar refractivity (Wildman–Crippen MR) is 103 cm³/mol. The van der Waals surface area contributed by atoms with Gasteiger partial charge in [-0.1, -0.05) is 29.8 Å². The fourth-order valence-corrected chi connectivity index (χ4v) is 3.47. The third-order valence-corrected chi connectivity index (χ3v) is 5.21. The molecule has 5 nitrogen and oxygen atoms in total. The molecule has 1 aliphatic heterocycles. The zero-order valence-electron chi connectivity index (χ0n) is 15.8. The maximum absolute atomic E-state index is 12.5. The molecular formula is C21H29N3O2. The molecule has 0 radical (unpaired) electrons. The summed E-state index contributed by atoms with van der Waals surface area (Å²) in [5.74, 6) is 2.36. The van der Waals surface area contributed by atoms with E-state index in [-0.39, 0.29) is 5.91 Å². The van der Waals surface area contributed by atoms with Gasteiger partial charge in [0.05, 0.1) is 6.20 Å². The Balaban J connectivity index is 1.46. The highest BCUT2D eigenvalue weighted by atomic mass is 16.4. The van der Waals surface area contributed by atoms with Crippen LogP contribution in [0.3, 0.4) is 0 Å². The number of rotatable bonds is 7. The molecule has 0 aliphatic carbocycles. The summed E-state index contributed by atoms with van der Waals surface area (Å²) in [6.07, 6.45) is 6.21. The van der Waals surface area contributed by atoms with Crippen LogP contribution in [0.1, 0.15) is 37.1 Å². The van der Waals surface area contributed by atoms with E-state index in [1.165, 1.54) is 12.0 Å². The summed E-state index contributed by atoms with van der Waals surface area (Å²) in [6, 6.07) is 8.18. The fraction of sp³-hybridized carbons (Fsp3) is 0.524. The molecule has 1 N–H and O–H groups in total. The number of carbonyl (C=O) groups excluding carboxylic acids is 1. The Morgan fingerprint density at radius 2 is 2.00 bits per heavy atom. The number of hydrogen-bond donors (Lipinski definition) is 1. The van der Waals surface area contributed by atoms with Gasteiger partial charge >= 0.3 is 0 Å². The van der Waals surface area contributed by atoms with Crippen molar-refractivity contribution in [2.75, 3.05) is 26.7 Å². The van der Waals surface area contributed by atoms with Crippen LogP contribution >= 0.6 is 0 Å². The molecular weight excluding hydrogens is 326 g/mol. The third-order valence-electron chi connectivity index (χ3n) is 5.21. The van der Waals surface area contributed by atoms with Gasteiger partial charge < -0.3 is 14.6 Å². The predicted octanol–water partition coefficient (Wildman–Crippen LogP) is 3.43. The number of aromatic nitrogens is 1. The van der Waals surface area contributed by atoms with Crippen LogP contribution in [0, 0.1) is 12.8 Å². The summed E-state index contributed by atoms with van der Waals surface area (Å²) in [5.41, 5.74) is 2.23. The minimum atomic E-state index is 0.215. The molecule has 1 aliphatic rings. The molecule has 0 saturated carbocycles. The first-order chi connectivity index (χ1) is 12.7. The van der Waals surface area contributed by atoms with Gasteiger partial charge in [-0.05, 0) is 45.7 Å². The first kappa shape index (κ1) is 18.6. The third kappa shape index (κ3) is 4.94. The van der Waals surface area contributed by atoms with Gasteiger partial charge in [-0.15, -0.1) is 0 Å². The van der Waals surface area contributed by atoms with Gasteiger partial charge in [-0.2, -0.15) is 0 Å². The molecule has 0 atom stereocenters. The van der Waals surface area contributed by atoms with Crippen LogP contribution in [0.15, 0.2) is 34.9 Å². The number of piperidine rings is 1. The van der Waals surface area contributed by atoms with E-state index in [2.05, 4.69) is 29.4 Å². The first-order valence-corrected chi connectivity index (χ1v) is 9.60. The molecule has 5 heteroatoms. The number of amides is 1. The molecule has 0 bridgehead atoms. The molecule has 1 amide bonds. The van der Waals surface area contributed by atoms with E-state index in [1.807, 2.05) is 24.1 Å². The largest absolute Gasteiger partial charge is 0.441 e. The van der Waals surface area contributed by atoms with E-state index >= 15 is 0 Å². The highest BCUT2D eigenvalue weighted by Crippen LogP contribution is 2.23. The summed E-state index contributed by atoms with van der Waals surface area (Å²) in [7, 11) is 1.99. The maximum Gasteiger partial charge on any atom is 0.223 e. The standard InChI is InChI=1S/C21H29N3O2/c1-16-3-5-18(6-4-16)19-15-23-20(26-19)7-8-21(25)24-13-10-17(11-14-24)9-12-22-2/h3-6,15,17,22H,7-14H2,1-2H3. The molecule has 2 aromatic rings. The molecule has 140 valence electrons. The van der Waals surface area contributed by atoms with Gasteiger partial charge in [0.25, 0.3) is 0 Å². The first-order valence-electron chi connectivity index (χ1n) is 9.60. The summed E-state index contributed by atoms with van der Waals surface area (Å²) in [4.78, 5) is 18.8. The van der Waals surface area contributed by atoms with E-state index in [9.17, 15) is 4.79 Å². The van der Waals surface area contributed by atoms with E-state index < -0.39 is 0 Å². The summed E-state index contributed by atoms with van der Waals surface area (Å²) >= 11 is 0. The second kappa shape index (κ2) is 8.99. The van der Waals surface area contributed by atoms with Crippen LogP contribution in [0.4, 0.5) is 0 Å². The van der Waals surface area contributed by atoms with Crippen LogP contribution in [-0.2, 0) is 11.2 Å². The topological polar surface area (TPSA) is 58.4 Å². The molecule has 26 heavy (non-hydrogen) atoms. The van der Waals surface area contributed by atoms with Gasteiger partial charge in [0.2, 0.25) is 5.91 Å². The van der Waals surface area contributed by atoms with Crippen molar-refractivity contribution in [2.24, 2.45) is 5.92 Å². The second-order valence-corrected chi connectivity index (χ2v) is 7.20. The van der Waals surface area contributed by atoms with Crippen molar-refractivity contribution >= 4 is 5.91 Å². The minimum absolute atomic E-state index is 0.215. The van der Waals surface area contributed by atoms with Crippen LogP contribution in [0.2, 0.25) is 0 Å². The van der Waals surface area contributed by atoms with Crippen molar-refractivity contribution in [1.29, 1.82) is 0 Å². The van der Waals surface area contributed by atoms with Gasteiger partial charge in [-0.3, -0.25) is 4.79 Å². The van der Waals surface area contributed by atoms with Gasteiger partial charge in [0, 0.05) is 31.5 Å². The number of hydrogen-bond acceptors (Lipinski definition) is 4. The smallest absolute Gasteiger partial charge is 0.223 e. The number of nitrogens with one attached hydrogen (secondary N) is 1. The highest BCUT2D eigenvalue weighted by Gasteiger charge is 2.22. The van der Waals surface area contributed by atoms with E-state index in [1.54, 1.807) is 6.20 Å². The van der Waals surface area contributed by atoms with Gasteiger partial charge in [0.1, 0.15) is 0 Å². The van der Waals surface area contributed by atoms with E-state index in [0.717, 1.165) is 49.7 Å². The monoisotopic (exact) mass is 355 g/mol. The summed E-state index contributed by atoms with van der Waals surface area (Å²) < 4.78 is 5.82. The van der Waals surface area contributed by atoms with E-state index in [4.69, 9.17) is 4.42 Å². The summed E-state index contributed by atoms with van der Waals surface area (Å²) in [6.45, 7) is 4.89. The number of aryl methyl sites for hydroxylation is 2. The van der Waals surface area contributed by atoms with Crippen molar-refractivity contribution < 1.29 is 9.21 Å². The Labute approximate surface area is 155 Å².